The van der Waals surface area contributed by atoms with Crippen LogP contribution in [0.2, 0.25) is 0 Å². The molecular formula is C21H16FN7O2. The Balaban J connectivity index is 1.75. The first-order valence-electron chi connectivity index (χ1n) is 9.37. The minimum absolute atomic E-state index is 0.00473. The van der Waals surface area contributed by atoms with Crippen LogP contribution in [0.5, 0.6) is 0 Å². The predicted octanol–water partition coefficient (Wildman–Crippen LogP) is 2.47. The van der Waals surface area contributed by atoms with E-state index in [1.165, 1.54) is 36.3 Å². The summed E-state index contributed by atoms with van der Waals surface area (Å²) in [7, 11) is 0. The van der Waals surface area contributed by atoms with E-state index >= 15 is 0 Å². The van der Waals surface area contributed by atoms with Gasteiger partial charge in [0.2, 0.25) is 0 Å². The molecule has 0 aliphatic heterocycles. The third kappa shape index (κ3) is 3.19. The molecule has 0 saturated heterocycles. The van der Waals surface area contributed by atoms with E-state index in [4.69, 9.17) is 0 Å². The largest absolute Gasteiger partial charge is 0.365 e. The van der Waals surface area contributed by atoms with Gasteiger partial charge in [0.1, 0.15) is 17.7 Å². The third-order valence-electron chi connectivity index (χ3n) is 4.86. The lowest BCUT2D eigenvalue weighted by atomic mass is 10.1. The van der Waals surface area contributed by atoms with Gasteiger partial charge < -0.3 is 15.4 Å². The van der Waals surface area contributed by atoms with E-state index in [0.29, 0.717) is 16.9 Å². The quantitative estimate of drug-likeness (QED) is 0.384. The van der Waals surface area contributed by atoms with Gasteiger partial charge in [0.05, 0.1) is 22.9 Å². The van der Waals surface area contributed by atoms with Crippen LogP contribution in [0, 0.1) is 5.82 Å². The first-order valence-corrected chi connectivity index (χ1v) is 9.37. The van der Waals surface area contributed by atoms with E-state index in [2.05, 4.69) is 30.2 Å². The van der Waals surface area contributed by atoms with Gasteiger partial charge in [-0.25, -0.2) is 24.3 Å². The number of aromatic amines is 1. The van der Waals surface area contributed by atoms with Gasteiger partial charge in [0.15, 0.2) is 23.0 Å². The molecule has 3 heterocycles. The maximum atomic E-state index is 13.8. The standard InChI is InChI=1S/C21H16FN7O2/c1-21(31,28-18-16-17(24-10-23-16)25-11-26-18)20-27-15-8-7-12(22)9-14(15)19(30)29(20)13-5-3-2-4-6-13/h2-11,31H,1H3,(H2,23,24,25,26,28)/t21-/m1/s1. The number of hydrogen-bond donors (Lipinski definition) is 3. The van der Waals surface area contributed by atoms with Crippen LogP contribution in [0.3, 0.4) is 0 Å². The molecular weight excluding hydrogens is 401 g/mol. The van der Waals surface area contributed by atoms with Crippen LogP contribution in [0.25, 0.3) is 27.8 Å². The van der Waals surface area contributed by atoms with Crippen molar-refractivity contribution in [2.75, 3.05) is 5.32 Å². The van der Waals surface area contributed by atoms with Crippen LogP contribution < -0.4 is 10.9 Å². The Morgan fingerprint density at radius 1 is 1.13 bits per heavy atom. The molecule has 5 aromatic rings. The Morgan fingerprint density at radius 2 is 1.94 bits per heavy atom. The molecule has 0 fully saturated rings. The minimum Gasteiger partial charge on any atom is -0.365 e. The predicted molar refractivity (Wildman–Crippen MR) is 112 cm³/mol. The van der Waals surface area contributed by atoms with Gasteiger partial charge in [-0.3, -0.25) is 9.36 Å². The first kappa shape index (κ1) is 18.8. The van der Waals surface area contributed by atoms with E-state index in [9.17, 15) is 14.3 Å². The van der Waals surface area contributed by atoms with Crippen molar-refractivity contribution in [3.63, 3.8) is 0 Å². The smallest absolute Gasteiger partial charge is 0.266 e. The molecule has 0 spiro atoms. The Kier molecular flexibility index (Phi) is 4.22. The zero-order valence-electron chi connectivity index (χ0n) is 16.2. The molecule has 0 amide bonds. The zero-order valence-corrected chi connectivity index (χ0v) is 16.2. The average Bonchev–Trinajstić information content (AvgIpc) is 3.24. The third-order valence-corrected chi connectivity index (χ3v) is 4.86. The number of halogens is 1. The molecule has 2 aromatic carbocycles. The second-order valence-electron chi connectivity index (χ2n) is 7.09. The number of aliphatic hydroxyl groups is 1. The number of nitrogens with one attached hydrogen (secondary N) is 2. The Bertz CT molecular complexity index is 1480. The number of hydrogen-bond acceptors (Lipinski definition) is 7. The van der Waals surface area contributed by atoms with Crippen LogP contribution in [-0.2, 0) is 5.72 Å². The van der Waals surface area contributed by atoms with E-state index in [1.807, 2.05) is 0 Å². The van der Waals surface area contributed by atoms with Crippen LogP contribution >= 0.6 is 0 Å². The number of fused-ring (bicyclic) bond motifs is 2. The summed E-state index contributed by atoms with van der Waals surface area (Å²) < 4.78 is 15.1. The number of rotatable bonds is 4. The molecule has 0 unspecified atom stereocenters. The second-order valence-corrected chi connectivity index (χ2v) is 7.09. The van der Waals surface area contributed by atoms with Gasteiger partial charge in [-0.1, -0.05) is 18.2 Å². The fourth-order valence-corrected chi connectivity index (χ4v) is 3.44. The highest BCUT2D eigenvalue weighted by Crippen LogP contribution is 2.26. The number of aromatic nitrogens is 6. The summed E-state index contributed by atoms with van der Waals surface area (Å²) in [5.74, 6) is -0.292. The molecule has 3 N–H and O–H groups in total. The lowest BCUT2D eigenvalue weighted by Gasteiger charge is -2.27. The molecule has 0 saturated carbocycles. The van der Waals surface area contributed by atoms with Gasteiger partial charge >= 0.3 is 0 Å². The summed E-state index contributed by atoms with van der Waals surface area (Å²) >= 11 is 0. The topological polar surface area (TPSA) is 122 Å². The van der Waals surface area contributed by atoms with Gasteiger partial charge in [-0.15, -0.1) is 0 Å². The molecule has 9 nitrogen and oxygen atoms in total. The summed E-state index contributed by atoms with van der Waals surface area (Å²) in [5.41, 5.74) is -0.743. The van der Waals surface area contributed by atoms with Crippen LogP contribution in [0.15, 0.2) is 66.0 Å². The SMILES string of the molecule is C[C@](O)(Nc1ncnc2[nH]cnc12)c1nc2ccc(F)cc2c(=O)n1-c1ccccc1. The fourth-order valence-electron chi connectivity index (χ4n) is 3.44. The summed E-state index contributed by atoms with van der Waals surface area (Å²) in [6.07, 6.45) is 2.78. The molecule has 0 aliphatic rings. The zero-order chi connectivity index (χ0) is 21.6. The molecule has 0 bridgehead atoms. The van der Waals surface area contributed by atoms with E-state index < -0.39 is 17.1 Å². The molecule has 1 atom stereocenters. The number of H-pyrrole nitrogens is 1. The van der Waals surface area contributed by atoms with E-state index in [1.54, 1.807) is 30.3 Å². The van der Waals surface area contributed by atoms with Crippen molar-refractivity contribution in [1.29, 1.82) is 0 Å². The molecule has 31 heavy (non-hydrogen) atoms. The van der Waals surface area contributed by atoms with Gasteiger partial charge in [0.25, 0.3) is 5.56 Å². The number of benzene rings is 2. The molecule has 10 heteroatoms. The van der Waals surface area contributed by atoms with Gasteiger partial charge in [-0.05, 0) is 37.3 Å². The van der Waals surface area contributed by atoms with Crippen LogP contribution in [0.4, 0.5) is 10.2 Å². The van der Waals surface area contributed by atoms with Gasteiger partial charge in [0, 0.05) is 0 Å². The fraction of sp³-hybridized carbons (Fsp3) is 0.0952. The molecule has 154 valence electrons. The summed E-state index contributed by atoms with van der Waals surface area (Å²) in [5, 5.41) is 14.4. The first-order chi connectivity index (χ1) is 14.9. The van der Waals surface area contributed by atoms with Crippen molar-refractivity contribution in [3.8, 4) is 5.69 Å². The second kappa shape index (κ2) is 6.96. The molecule has 0 radical (unpaired) electrons. The highest BCUT2D eigenvalue weighted by atomic mass is 19.1. The van der Waals surface area contributed by atoms with Gasteiger partial charge in [-0.2, -0.15) is 0 Å². The van der Waals surface area contributed by atoms with Crippen molar-refractivity contribution in [2.24, 2.45) is 0 Å². The number of imidazole rings is 1. The highest BCUT2D eigenvalue weighted by Gasteiger charge is 2.32. The summed E-state index contributed by atoms with van der Waals surface area (Å²) in [6.45, 7) is 1.45. The average molecular weight is 417 g/mol. The van der Waals surface area contributed by atoms with E-state index in [-0.39, 0.29) is 22.5 Å². The Labute approximate surface area is 174 Å². The summed E-state index contributed by atoms with van der Waals surface area (Å²) in [6, 6.07) is 12.4. The number of anilines is 1. The molecule has 3 aromatic heterocycles. The Hall–Kier alpha value is -4.18. The van der Waals surface area contributed by atoms with Crippen molar-refractivity contribution >= 4 is 27.9 Å². The van der Waals surface area contributed by atoms with Crippen LogP contribution in [-0.4, -0.2) is 34.6 Å². The lowest BCUT2D eigenvalue weighted by Crippen LogP contribution is -2.39. The highest BCUT2D eigenvalue weighted by molar-refractivity contribution is 5.82. The van der Waals surface area contributed by atoms with Crippen LogP contribution in [0.1, 0.15) is 12.7 Å². The molecule has 0 aliphatic carbocycles. The maximum absolute atomic E-state index is 13.8. The normalized spacial score (nSPS) is 13.4. The monoisotopic (exact) mass is 417 g/mol. The van der Waals surface area contributed by atoms with Crippen molar-refractivity contribution in [1.82, 2.24) is 29.5 Å². The van der Waals surface area contributed by atoms with Crippen molar-refractivity contribution in [3.05, 3.63) is 83.2 Å². The molecule has 5 rings (SSSR count). The summed E-state index contributed by atoms with van der Waals surface area (Å²) in [4.78, 5) is 33.1. The number of nitrogens with zero attached hydrogens (tertiary/aromatic N) is 5. The van der Waals surface area contributed by atoms with E-state index in [0.717, 1.165) is 6.07 Å². The van der Waals surface area contributed by atoms with Crippen molar-refractivity contribution < 1.29 is 9.50 Å². The maximum Gasteiger partial charge on any atom is 0.266 e. The lowest BCUT2D eigenvalue weighted by molar-refractivity contribution is 0.0759. The minimum atomic E-state index is -1.85. The number of para-hydroxylation sites is 1. The Morgan fingerprint density at radius 3 is 2.74 bits per heavy atom. The van der Waals surface area contributed by atoms with Crippen molar-refractivity contribution in [2.45, 2.75) is 12.6 Å².